The molecule has 8 N–H and O–H groups in total. The molecule has 6 amide bonds. The molecule has 5 rings (SSSR count). The molecule has 3 atom stereocenters. The molecule has 0 aliphatic carbocycles. The molecule has 1 aromatic heterocycles. The van der Waals surface area contributed by atoms with Gasteiger partial charge in [-0.15, -0.1) is 0 Å². The highest BCUT2D eigenvalue weighted by Crippen LogP contribution is 2.34. The summed E-state index contributed by atoms with van der Waals surface area (Å²) in [6, 6.07) is 11.5. The summed E-state index contributed by atoms with van der Waals surface area (Å²) in [5.74, 6) is 1.43. The summed E-state index contributed by atoms with van der Waals surface area (Å²) in [4.78, 5) is 71.5. The Morgan fingerprint density at radius 1 is 0.770 bits per heavy atom. The fourth-order valence-electron chi connectivity index (χ4n) is 7.88. The molecule has 3 unspecified atom stereocenters. The Morgan fingerprint density at radius 2 is 1.41 bits per heavy atom. The van der Waals surface area contributed by atoms with E-state index in [1.54, 1.807) is 36.4 Å². The predicted molar refractivity (Wildman–Crippen MR) is 286 cm³/mol. The van der Waals surface area contributed by atoms with E-state index in [0.717, 1.165) is 50.8 Å². The first-order valence-electron chi connectivity index (χ1n) is 25.3. The van der Waals surface area contributed by atoms with E-state index in [0.29, 0.717) is 125 Å². The molecule has 406 valence electrons. The first kappa shape index (κ1) is 59.1. The van der Waals surface area contributed by atoms with Crippen LogP contribution >= 0.6 is 23.4 Å². The van der Waals surface area contributed by atoms with Crippen LogP contribution < -0.4 is 47.3 Å². The van der Waals surface area contributed by atoms with Gasteiger partial charge in [-0.1, -0.05) is 24.1 Å². The molecule has 23 heteroatoms. The number of hydrogen-bond acceptors (Lipinski definition) is 15. The summed E-state index contributed by atoms with van der Waals surface area (Å²) in [5.41, 5.74) is 1.65. The van der Waals surface area contributed by atoms with Gasteiger partial charge in [-0.25, -0.2) is 19.2 Å². The van der Waals surface area contributed by atoms with Crippen LogP contribution in [0.3, 0.4) is 0 Å². The van der Waals surface area contributed by atoms with Gasteiger partial charge in [-0.3, -0.25) is 19.2 Å². The zero-order valence-electron chi connectivity index (χ0n) is 42.4. The van der Waals surface area contributed by atoms with Crippen molar-refractivity contribution in [3.63, 3.8) is 0 Å². The van der Waals surface area contributed by atoms with Crippen molar-refractivity contribution in [2.24, 2.45) is 0 Å². The molecule has 2 aliphatic rings. The number of anilines is 5. The minimum Gasteiger partial charge on any atom is -0.495 e. The minimum absolute atomic E-state index is 0.0165. The van der Waals surface area contributed by atoms with Crippen molar-refractivity contribution < 1.29 is 47.3 Å². The maximum atomic E-state index is 13.6. The standard InChI is InChI=1S/C51H73ClFN11O9S/c1-64(24-8-15-49(68)60-37-17-19-42(70-2)40(32-37)61-45-33-44(57-35-58-45)59-36-16-18-39(53)38(52)31-36)23-6-5-20-54-47(66)13-7-14-48(67)56-22-10-26-72-28-30-73-29-27-71-25-9-21-55-46(65)12-4-3-11-43-50-41(34-74-43)62-51(69)63-50/h8,15-19,31-33,35,41,43,50H,3-7,9-14,20-30,34H2,1-2H3,(H,54,66)(H,55,65)(H,56,67)(H,60,68)(H2,62,63,69)(H2,57,58,59,61). The number of carbonyl (C=O) groups is 5. The van der Waals surface area contributed by atoms with E-state index < -0.39 is 5.82 Å². The number of methoxy groups -OCH3 is 1. The Balaban J connectivity index is 0.771. The van der Waals surface area contributed by atoms with E-state index in [-0.39, 0.29) is 59.6 Å². The van der Waals surface area contributed by atoms with Gasteiger partial charge in [0.1, 0.15) is 29.5 Å². The van der Waals surface area contributed by atoms with Crippen molar-refractivity contribution in [1.29, 1.82) is 0 Å². The van der Waals surface area contributed by atoms with Gasteiger partial charge in [0.15, 0.2) is 0 Å². The molecule has 3 aromatic rings. The smallest absolute Gasteiger partial charge is 0.315 e. The van der Waals surface area contributed by atoms with Crippen LogP contribution in [0.2, 0.25) is 5.02 Å². The number of hydrogen-bond donors (Lipinski definition) is 8. The van der Waals surface area contributed by atoms with Crippen LogP contribution in [-0.4, -0.2) is 154 Å². The first-order valence-corrected chi connectivity index (χ1v) is 26.8. The topological polar surface area (TPSA) is 248 Å². The van der Waals surface area contributed by atoms with Crippen LogP contribution in [0.4, 0.5) is 37.9 Å². The van der Waals surface area contributed by atoms with Crippen LogP contribution in [-0.2, 0) is 33.4 Å². The lowest BCUT2D eigenvalue weighted by molar-refractivity contribution is -0.123. The largest absolute Gasteiger partial charge is 0.495 e. The Morgan fingerprint density at radius 3 is 2.08 bits per heavy atom. The average Bonchev–Trinajstić information content (AvgIpc) is 3.94. The second-order valence-corrected chi connectivity index (χ2v) is 19.4. The van der Waals surface area contributed by atoms with Crippen molar-refractivity contribution in [2.45, 2.75) is 88.0 Å². The zero-order chi connectivity index (χ0) is 52.8. The summed E-state index contributed by atoms with van der Waals surface area (Å²) >= 11 is 7.80. The molecule has 0 radical (unpaired) electrons. The van der Waals surface area contributed by atoms with Gasteiger partial charge in [0.2, 0.25) is 23.6 Å². The second kappa shape index (κ2) is 33.9. The van der Waals surface area contributed by atoms with E-state index in [4.69, 9.17) is 30.5 Å². The first-order chi connectivity index (χ1) is 35.9. The quantitative estimate of drug-likeness (QED) is 0.0186. The molecule has 0 saturated carbocycles. The average molecular weight is 1070 g/mol. The summed E-state index contributed by atoms with van der Waals surface area (Å²) in [6.07, 6.45) is 12.0. The SMILES string of the molecule is COc1ccc(NC(=O)C=CCN(C)CCCCNC(=O)CCCC(=O)NCCCOCCOCCOCCCNC(=O)CCCCC2SCC3NC(=O)NC32)cc1Nc1cc(Nc2ccc(F)c(Cl)c2)ncn1. The molecule has 20 nitrogen and oxygen atoms in total. The molecule has 74 heavy (non-hydrogen) atoms. The number of carbonyl (C=O) groups excluding carboxylic acids is 5. The Bertz CT molecular complexity index is 2270. The number of aromatic nitrogens is 2. The van der Waals surface area contributed by atoms with Gasteiger partial charge in [0.05, 0.1) is 56.3 Å². The minimum atomic E-state index is -0.522. The lowest BCUT2D eigenvalue weighted by atomic mass is 10.0. The molecule has 0 bridgehead atoms. The number of nitrogens with one attached hydrogen (secondary N) is 8. The van der Waals surface area contributed by atoms with Gasteiger partial charge in [-0.2, -0.15) is 11.8 Å². The third-order valence-corrected chi connectivity index (χ3v) is 13.6. The highest BCUT2D eigenvalue weighted by molar-refractivity contribution is 8.00. The van der Waals surface area contributed by atoms with Crippen LogP contribution in [0.5, 0.6) is 5.75 Å². The van der Waals surface area contributed by atoms with Gasteiger partial charge in [0, 0.05) is 93.2 Å². The molecule has 3 heterocycles. The normalized spacial score (nSPS) is 15.9. The van der Waals surface area contributed by atoms with E-state index in [9.17, 15) is 28.4 Å². The van der Waals surface area contributed by atoms with Crippen molar-refractivity contribution >= 4 is 81.7 Å². The fraction of sp³-hybridized carbons (Fsp3) is 0.549. The van der Waals surface area contributed by atoms with Crippen molar-refractivity contribution in [3.05, 3.63) is 71.8 Å². The third kappa shape index (κ3) is 23.2. The number of benzene rings is 2. The number of thioether (sulfide) groups is 1. The summed E-state index contributed by atoms with van der Waals surface area (Å²) in [5, 5.41) is 24.2. The van der Waals surface area contributed by atoms with E-state index in [2.05, 4.69) is 57.4 Å². The number of urea groups is 1. The summed E-state index contributed by atoms with van der Waals surface area (Å²) in [6.45, 7) is 5.80. The number of fused-ring (bicyclic) bond motifs is 1. The van der Waals surface area contributed by atoms with E-state index in [1.807, 2.05) is 18.8 Å². The van der Waals surface area contributed by atoms with Crippen molar-refractivity contribution in [3.8, 4) is 5.75 Å². The maximum Gasteiger partial charge on any atom is 0.315 e. The molecular formula is C51H73ClFN11O9S. The molecule has 2 saturated heterocycles. The van der Waals surface area contributed by atoms with Crippen LogP contribution in [0.1, 0.15) is 70.6 Å². The Kier molecular flexibility index (Phi) is 27.1. The number of rotatable bonds is 37. The second-order valence-electron chi connectivity index (χ2n) is 17.8. The van der Waals surface area contributed by atoms with Crippen LogP contribution in [0, 0.1) is 5.82 Å². The van der Waals surface area contributed by atoms with Gasteiger partial charge >= 0.3 is 6.03 Å². The third-order valence-electron chi connectivity index (χ3n) is 11.8. The van der Waals surface area contributed by atoms with Gasteiger partial charge < -0.3 is 66.4 Å². The number of halogens is 2. The summed E-state index contributed by atoms with van der Waals surface area (Å²) < 4.78 is 35.8. The monoisotopic (exact) mass is 1070 g/mol. The lowest BCUT2D eigenvalue weighted by Crippen LogP contribution is -2.36. The van der Waals surface area contributed by atoms with E-state index >= 15 is 0 Å². The Labute approximate surface area is 442 Å². The van der Waals surface area contributed by atoms with Gasteiger partial charge in [0.25, 0.3) is 0 Å². The predicted octanol–water partition coefficient (Wildman–Crippen LogP) is 6.05. The number of amides is 6. The molecule has 2 fully saturated rings. The highest BCUT2D eigenvalue weighted by Gasteiger charge is 2.42. The van der Waals surface area contributed by atoms with Crippen LogP contribution in [0.25, 0.3) is 0 Å². The van der Waals surface area contributed by atoms with Crippen molar-refractivity contribution in [1.82, 2.24) is 41.5 Å². The number of ether oxygens (including phenoxy) is 4. The van der Waals surface area contributed by atoms with E-state index in [1.165, 1.54) is 31.6 Å². The molecular weight excluding hydrogens is 997 g/mol. The number of likely N-dealkylation sites (N-methyl/N-ethyl adjacent to an activating group) is 1. The molecule has 2 aromatic carbocycles. The van der Waals surface area contributed by atoms with Crippen molar-refractivity contribution in [2.75, 3.05) is 108 Å². The number of nitrogens with zero attached hydrogens (tertiary/aromatic N) is 3. The molecule has 0 spiro atoms. The van der Waals surface area contributed by atoms with Gasteiger partial charge in [-0.05, 0) is 94.9 Å². The number of unbranched alkanes of at least 4 members (excludes halogenated alkanes) is 2. The maximum absolute atomic E-state index is 13.6. The summed E-state index contributed by atoms with van der Waals surface area (Å²) in [7, 11) is 3.49. The highest BCUT2D eigenvalue weighted by atomic mass is 35.5. The van der Waals surface area contributed by atoms with Crippen LogP contribution in [0.15, 0.2) is 60.9 Å². The fourth-order valence-corrected chi connectivity index (χ4v) is 9.61. The zero-order valence-corrected chi connectivity index (χ0v) is 44.0. The Hall–Kier alpha value is -5.78. The lowest BCUT2D eigenvalue weighted by Gasteiger charge is -2.16. The molecule has 2 aliphatic heterocycles.